The summed E-state index contributed by atoms with van der Waals surface area (Å²) >= 11 is 6.99. The zero-order chi connectivity index (χ0) is 14.0. The van der Waals surface area contributed by atoms with Gasteiger partial charge in [-0.2, -0.15) is 0 Å². The third-order valence-electron chi connectivity index (χ3n) is 3.89. The van der Waals surface area contributed by atoms with E-state index in [1.54, 1.807) is 0 Å². The van der Waals surface area contributed by atoms with Crippen LogP contribution in [0.25, 0.3) is 0 Å². The number of rotatable bonds is 3. The Kier molecular flexibility index (Phi) is 7.29. The Balaban J connectivity index is 0.00000200. The van der Waals surface area contributed by atoms with Gasteiger partial charge in [-0.05, 0) is 66.4 Å². The molecule has 0 atom stereocenters. The first kappa shape index (κ1) is 18.2. The Bertz CT molecular complexity index is 451. The average Bonchev–Trinajstić information content (AvgIpc) is 2.36. The zero-order valence-corrected chi connectivity index (χ0v) is 15.5. The number of nitrogen functional groups attached to an aromatic ring is 1. The maximum absolute atomic E-state index is 9.56. The summed E-state index contributed by atoms with van der Waals surface area (Å²) in [7, 11) is 2.14. The zero-order valence-electron chi connectivity index (χ0n) is 11.5. The number of hydrogen-bond acceptors (Lipinski definition) is 3. The number of anilines is 1. The molecule has 0 amide bonds. The van der Waals surface area contributed by atoms with Crippen molar-refractivity contribution in [3.63, 3.8) is 0 Å². The van der Waals surface area contributed by atoms with Gasteiger partial charge in [-0.3, -0.25) is 4.90 Å². The molecule has 0 heterocycles. The predicted molar refractivity (Wildman–Crippen MR) is 93.2 cm³/mol. The van der Waals surface area contributed by atoms with Gasteiger partial charge < -0.3 is 10.8 Å². The van der Waals surface area contributed by atoms with Crippen molar-refractivity contribution in [3.8, 4) is 0 Å². The molecule has 0 aliphatic heterocycles. The first-order chi connectivity index (χ1) is 8.97. The topological polar surface area (TPSA) is 49.5 Å². The summed E-state index contributed by atoms with van der Waals surface area (Å²) in [6.07, 6.45) is 3.84. The number of aliphatic hydroxyl groups excluding tert-OH is 1. The molecule has 1 aliphatic carbocycles. The van der Waals surface area contributed by atoms with Crippen LogP contribution in [0.4, 0.5) is 5.69 Å². The van der Waals surface area contributed by atoms with E-state index in [4.69, 9.17) is 5.73 Å². The van der Waals surface area contributed by atoms with Gasteiger partial charge in [0, 0.05) is 21.5 Å². The van der Waals surface area contributed by atoms with Crippen LogP contribution in [-0.2, 0) is 6.54 Å². The molecule has 3 nitrogen and oxygen atoms in total. The van der Waals surface area contributed by atoms with Gasteiger partial charge in [0.2, 0.25) is 0 Å². The lowest BCUT2D eigenvalue weighted by atomic mass is 9.92. The van der Waals surface area contributed by atoms with Crippen molar-refractivity contribution < 1.29 is 5.11 Å². The molecule has 0 bridgehead atoms. The lowest BCUT2D eigenvalue weighted by Gasteiger charge is -2.33. The lowest BCUT2D eigenvalue weighted by Crippen LogP contribution is -2.36. The van der Waals surface area contributed by atoms with Crippen LogP contribution in [-0.4, -0.2) is 29.2 Å². The molecule has 0 aromatic heterocycles. The summed E-state index contributed by atoms with van der Waals surface area (Å²) in [5.74, 6) is 0. The van der Waals surface area contributed by atoms with Crippen LogP contribution >= 0.6 is 44.3 Å². The third-order valence-corrected chi connectivity index (χ3v) is 5.00. The molecule has 114 valence electrons. The van der Waals surface area contributed by atoms with E-state index in [9.17, 15) is 5.11 Å². The van der Waals surface area contributed by atoms with E-state index in [-0.39, 0.29) is 18.5 Å². The predicted octanol–water partition coefficient (Wildman–Crippen LogP) is 3.95. The Labute approximate surface area is 143 Å². The smallest absolute Gasteiger partial charge is 0.0541 e. The Morgan fingerprint density at radius 1 is 1.25 bits per heavy atom. The fraction of sp³-hybridized carbons (Fsp3) is 0.571. The van der Waals surface area contributed by atoms with E-state index < -0.39 is 0 Å². The SMILES string of the molecule is CN(Cc1cc(Br)cc(Br)c1N)[C@H]1CC[C@H](O)CC1.Cl. The highest BCUT2D eigenvalue weighted by molar-refractivity contribution is 9.11. The van der Waals surface area contributed by atoms with Gasteiger partial charge in [0.1, 0.15) is 0 Å². The normalized spacial score (nSPS) is 22.6. The minimum Gasteiger partial charge on any atom is -0.398 e. The van der Waals surface area contributed by atoms with Crippen LogP contribution in [0.15, 0.2) is 21.1 Å². The Morgan fingerprint density at radius 3 is 2.45 bits per heavy atom. The van der Waals surface area contributed by atoms with Crippen molar-refractivity contribution in [1.29, 1.82) is 0 Å². The minimum absolute atomic E-state index is 0. The van der Waals surface area contributed by atoms with Crippen molar-refractivity contribution in [1.82, 2.24) is 4.90 Å². The Hall–Kier alpha value is 0.190. The molecule has 1 aromatic rings. The fourth-order valence-electron chi connectivity index (χ4n) is 2.67. The molecule has 0 spiro atoms. The molecule has 2 rings (SSSR count). The third kappa shape index (κ3) is 4.60. The van der Waals surface area contributed by atoms with Crippen LogP contribution in [0.2, 0.25) is 0 Å². The quantitative estimate of drug-likeness (QED) is 0.717. The van der Waals surface area contributed by atoms with Gasteiger partial charge in [-0.15, -0.1) is 12.4 Å². The van der Waals surface area contributed by atoms with Crippen LogP contribution in [0.5, 0.6) is 0 Å². The summed E-state index contributed by atoms with van der Waals surface area (Å²) in [4.78, 5) is 2.34. The van der Waals surface area contributed by atoms with E-state index in [2.05, 4.69) is 49.9 Å². The standard InChI is InChI=1S/C14H20Br2N2O.ClH/c1-18(11-2-4-12(19)5-3-11)8-9-6-10(15)7-13(16)14(9)17;/h6-7,11-12,19H,2-5,8,17H2,1H3;1H/t11-,12-;. The second-order valence-electron chi connectivity index (χ2n) is 5.34. The second kappa shape index (κ2) is 7.99. The van der Waals surface area contributed by atoms with Crippen LogP contribution in [0.3, 0.4) is 0 Å². The van der Waals surface area contributed by atoms with Gasteiger partial charge in [-0.25, -0.2) is 0 Å². The summed E-state index contributed by atoms with van der Waals surface area (Å²) in [6.45, 7) is 0.838. The largest absolute Gasteiger partial charge is 0.398 e. The van der Waals surface area contributed by atoms with Crippen LogP contribution < -0.4 is 5.73 Å². The van der Waals surface area contributed by atoms with E-state index in [0.29, 0.717) is 6.04 Å². The first-order valence-electron chi connectivity index (χ1n) is 6.59. The molecular formula is C14H21Br2ClN2O. The van der Waals surface area contributed by atoms with Gasteiger partial charge in [0.05, 0.1) is 11.8 Å². The minimum atomic E-state index is -0.102. The number of halogens is 3. The number of nitrogens with two attached hydrogens (primary N) is 1. The number of aliphatic hydroxyl groups is 1. The summed E-state index contributed by atoms with van der Waals surface area (Å²) < 4.78 is 1.97. The highest BCUT2D eigenvalue weighted by Crippen LogP contribution is 2.30. The maximum atomic E-state index is 9.56. The molecule has 6 heteroatoms. The van der Waals surface area contributed by atoms with Gasteiger partial charge in [-0.1, -0.05) is 15.9 Å². The van der Waals surface area contributed by atoms with E-state index in [0.717, 1.165) is 52.4 Å². The van der Waals surface area contributed by atoms with Crippen LogP contribution in [0, 0.1) is 0 Å². The van der Waals surface area contributed by atoms with Crippen LogP contribution in [0.1, 0.15) is 31.2 Å². The molecule has 0 unspecified atom stereocenters. The molecule has 0 radical (unpaired) electrons. The molecule has 0 saturated heterocycles. The van der Waals surface area contributed by atoms with E-state index in [1.165, 1.54) is 0 Å². The number of nitrogens with zero attached hydrogens (tertiary/aromatic N) is 1. The first-order valence-corrected chi connectivity index (χ1v) is 8.17. The number of benzene rings is 1. The molecule has 1 aliphatic rings. The summed E-state index contributed by atoms with van der Waals surface area (Å²) in [6, 6.07) is 4.59. The Morgan fingerprint density at radius 2 is 1.85 bits per heavy atom. The van der Waals surface area contributed by atoms with Gasteiger partial charge >= 0.3 is 0 Å². The number of hydrogen-bond donors (Lipinski definition) is 2. The lowest BCUT2D eigenvalue weighted by molar-refractivity contribution is 0.0818. The summed E-state index contributed by atoms with van der Waals surface area (Å²) in [5, 5.41) is 9.56. The van der Waals surface area contributed by atoms with Crippen molar-refractivity contribution >= 4 is 50.0 Å². The molecule has 1 saturated carbocycles. The van der Waals surface area contributed by atoms with Crippen molar-refractivity contribution in [2.24, 2.45) is 0 Å². The summed E-state index contributed by atoms with van der Waals surface area (Å²) in [5.41, 5.74) is 8.06. The molecular weight excluding hydrogens is 407 g/mol. The molecule has 1 fully saturated rings. The van der Waals surface area contributed by atoms with Crippen molar-refractivity contribution in [2.75, 3.05) is 12.8 Å². The van der Waals surface area contributed by atoms with Gasteiger partial charge in [0.15, 0.2) is 0 Å². The fourth-order valence-corrected chi connectivity index (χ4v) is 3.98. The highest BCUT2D eigenvalue weighted by Gasteiger charge is 2.23. The molecule has 20 heavy (non-hydrogen) atoms. The van der Waals surface area contributed by atoms with Crippen molar-refractivity contribution in [3.05, 3.63) is 26.6 Å². The molecule has 1 aromatic carbocycles. The average molecular weight is 429 g/mol. The monoisotopic (exact) mass is 426 g/mol. The molecule has 3 N–H and O–H groups in total. The van der Waals surface area contributed by atoms with Gasteiger partial charge in [0.25, 0.3) is 0 Å². The maximum Gasteiger partial charge on any atom is 0.0541 e. The second-order valence-corrected chi connectivity index (χ2v) is 7.11. The van der Waals surface area contributed by atoms with E-state index in [1.807, 2.05) is 6.07 Å². The highest BCUT2D eigenvalue weighted by atomic mass is 79.9. The van der Waals surface area contributed by atoms with E-state index >= 15 is 0 Å². The van der Waals surface area contributed by atoms with Crippen molar-refractivity contribution in [2.45, 2.75) is 44.4 Å².